The molecule has 0 radical (unpaired) electrons. The van der Waals surface area contributed by atoms with Gasteiger partial charge < -0.3 is 15.5 Å². The number of aromatic hydroxyl groups is 1. The van der Waals surface area contributed by atoms with E-state index in [0.717, 1.165) is 24.1 Å². The summed E-state index contributed by atoms with van der Waals surface area (Å²) in [5.41, 5.74) is 1.70. The monoisotopic (exact) mass is 263 g/mol. The predicted octanol–water partition coefficient (Wildman–Crippen LogP) is 3.32. The van der Waals surface area contributed by atoms with Crippen molar-refractivity contribution in [2.45, 2.75) is 51.0 Å². The van der Waals surface area contributed by atoms with Crippen molar-refractivity contribution in [3.8, 4) is 5.75 Å². The summed E-state index contributed by atoms with van der Waals surface area (Å²) in [5.74, 6) is -0.164. The molecule has 1 aromatic rings. The standard InChI is InChI=1S/C15H21NO3/c1-10(15(18)19)16-12-7-8-14(17)13(9-12)11-5-3-2-4-6-11/h7-11,16-17H,2-6H2,1H3,(H,18,19)/t10-/m0/s1. The SMILES string of the molecule is C[C@H](Nc1ccc(O)c(C2CCCCC2)c1)C(=O)O. The summed E-state index contributed by atoms with van der Waals surface area (Å²) in [6, 6.07) is 4.64. The van der Waals surface area contributed by atoms with Crippen molar-refractivity contribution in [2.75, 3.05) is 5.32 Å². The van der Waals surface area contributed by atoms with E-state index in [4.69, 9.17) is 5.11 Å². The fourth-order valence-corrected chi connectivity index (χ4v) is 2.70. The number of carboxylic acids is 1. The second-order valence-corrected chi connectivity index (χ2v) is 5.31. The maximum atomic E-state index is 10.8. The van der Waals surface area contributed by atoms with Gasteiger partial charge in [-0.25, -0.2) is 0 Å². The van der Waals surface area contributed by atoms with Crippen LogP contribution in [0.25, 0.3) is 0 Å². The highest BCUT2D eigenvalue weighted by Gasteiger charge is 2.19. The summed E-state index contributed by atoms with van der Waals surface area (Å²) in [6.45, 7) is 1.61. The van der Waals surface area contributed by atoms with Crippen LogP contribution in [0.1, 0.15) is 50.5 Å². The summed E-state index contributed by atoms with van der Waals surface area (Å²) in [5, 5.41) is 21.8. The largest absolute Gasteiger partial charge is 0.508 e. The topological polar surface area (TPSA) is 69.6 Å². The maximum absolute atomic E-state index is 10.8. The molecule has 3 N–H and O–H groups in total. The fraction of sp³-hybridized carbons (Fsp3) is 0.533. The number of anilines is 1. The Hall–Kier alpha value is -1.71. The Morgan fingerprint density at radius 1 is 1.32 bits per heavy atom. The van der Waals surface area contributed by atoms with Gasteiger partial charge in [0.15, 0.2) is 0 Å². The van der Waals surface area contributed by atoms with Crippen LogP contribution in [0.5, 0.6) is 5.75 Å². The first-order chi connectivity index (χ1) is 9.08. The van der Waals surface area contributed by atoms with E-state index in [2.05, 4.69) is 5.32 Å². The van der Waals surface area contributed by atoms with Crippen LogP contribution in [0.2, 0.25) is 0 Å². The van der Waals surface area contributed by atoms with E-state index in [0.29, 0.717) is 11.7 Å². The molecule has 1 aliphatic carbocycles. The molecule has 1 fully saturated rings. The zero-order chi connectivity index (χ0) is 13.8. The summed E-state index contributed by atoms with van der Waals surface area (Å²) in [6.07, 6.45) is 5.88. The van der Waals surface area contributed by atoms with Gasteiger partial charge in [-0.2, -0.15) is 0 Å². The summed E-state index contributed by atoms with van der Waals surface area (Å²) >= 11 is 0. The number of hydrogen-bond donors (Lipinski definition) is 3. The van der Waals surface area contributed by atoms with Crippen molar-refractivity contribution in [1.82, 2.24) is 0 Å². The second-order valence-electron chi connectivity index (χ2n) is 5.31. The van der Waals surface area contributed by atoms with Crippen LogP contribution in [0.4, 0.5) is 5.69 Å². The number of carboxylic acid groups (broad SMARTS) is 1. The average molecular weight is 263 g/mol. The first-order valence-corrected chi connectivity index (χ1v) is 6.90. The average Bonchev–Trinajstić information content (AvgIpc) is 2.41. The molecule has 0 bridgehead atoms. The van der Waals surface area contributed by atoms with E-state index in [9.17, 15) is 9.90 Å². The number of benzene rings is 1. The van der Waals surface area contributed by atoms with Gasteiger partial charge in [0, 0.05) is 5.69 Å². The van der Waals surface area contributed by atoms with Crippen LogP contribution in [-0.4, -0.2) is 22.2 Å². The molecule has 0 heterocycles. The number of nitrogens with one attached hydrogen (secondary N) is 1. The molecular formula is C15H21NO3. The third kappa shape index (κ3) is 3.40. The molecule has 0 aliphatic heterocycles. The Morgan fingerprint density at radius 2 is 2.00 bits per heavy atom. The molecule has 4 nitrogen and oxygen atoms in total. The third-order valence-electron chi connectivity index (χ3n) is 3.83. The molecule has 2 rings (SSSR count). The van der Waals surface area contributed by atoms with Crippen LogP contribution in [0.15, 0.2) is 18.2 Å². The maximum Gasteiger partial charge on any atom is 0.325 e. The first kappa shape index (κ1) is 13.7. The number of phenols is 1. The molecule has 0 saturated heterocycles. The van der Waals surface area contributed by atoms with Crippen LogP contribution < -0.4 is 5.32 Å². The Balaban J connectivity index is 2.16. The van der Waals surface area contributed by atoms with Gasteiger partial charge in [0.1, 0.15) is 11.8 Å². The van der Waals surface area contributed by atoms with Gasteiger partial charge in [-0.3, -0.25) is 4.79 Å². The van der Waals surface area contributed by atoms with E-state index in [-0.39, 0.29) is 0 Å². The molecular weight excluding hydrogens is 242 g/mol. The van der Waals surface area contributed by atoms with Crippen LogP contribution in [0, 0.1) is 0 Å². The molecule has 4 heteroatoms. The van der Waals surface area contributed by atoms with Gasteiger partial charge in [0.25, 0.3) is 0 Å². The van der Waals surface area contributed by atoms with E-state index in [1.54, 1.807) is 19.1 Å². The van der Waals surface area contributed by atoms with Gasteiger partial charge in [-0.15, -0.1) is 0 Å². The molecule has 0 amide bonds. The molecule has 1 aliphatic rings. The van der Waals surface area contributed by atoms with Crippen LogP contribution >= 0.6 is 0 Å². The number of aliphatic carboxylic acids is 1. The van der Waals surface area contributed by atoms with Gasteiger partial charge in [0.05, 0.1) is 0 Å². The minimum absolute atomic E-state index is 0.320. The summed E-state index contributed by atoms with van der Waals surface area (Å²) in [7, 11) is 0. The van der Waals surface area contributed by atoms with E-state index >= 15 is 0 Å². The van der Waals surface area contributed by atoms with Crippen molar-refractivity contribution < 1.29 is 15.0 Å². The third-order valence-corrected chi connectivity index (χ3v) is 3.83. The number of carbonyl (C=O) groups is 1. The molecule has 0 spiro atoms. The van der Waals surface area contributed by atoms with Crippen molar-refractivity contribution in [3.05, 3.63) is 23.8 Å². The Labute approximate surface area is 113 Å². The highest BCUT2D eigenvalue weighted by Crippen LogP contribution is 2.38. The lowest BCUT2D eigenvalue weighted by Gasteiger charge is -2.23. The highest BCUT2D eigenvalue weighted by atomic mass is 16.4. The van der Waals surface area contributed by atoms with E-state index in [1.807, 2.05) is 6.07 Å². The minimum Gasteiger partial charge on any atom is -0.508 e. The smallest absolute Gasteiger partial charge is 0.325 e. The molecule has 0 unspecified atom stereocenters. The number of rotatable bonds is 4. The predicted molar refractivity (Wildman–Crippen MR) is 74.7 cm³/mol. The van der Waals surface area contributed by atoms with E-state index < -0.39 is 12.0 Å². The zero-order valence-corrected chi connectivity index (χ0v) is 11.2. The lowest BCUT2D eigenvalue weighted by Crippen LogP contribution is -2.25. The zero-order valence-electron chi connectivity index (χ0n) is 11.2. The molecule has 0 aromatic heterocycles. The Bertz CT molecular complexity index is 453. The highest BCUT2D eigenvalue weighted by molar-refractivity contribution is 5.76. The second kappa shape index (κ2) is 5.95. The quantitative estimate of drug-likeness (QED) is 0.729. The van der Waals surface area contributed by atoms with E-state index in [1.165, 1.54) is 19.3 Å². The van der Waals surface area contributed by atoms with Crippen molar-refractivity contribution >= 4 is 11.7 Å². The van der Waals surface area contributed by atoms with Gasteiger partial charge in [-0.1, -0.05) is 19.3 Å². The lowest BCUT2D eigenvalue weighted by atomic mass is 9.83. The first-order valence-electron chi connectivity index (χ1n) is 6.90. The van der Waals surface area contributed by atoms with Gasteiger partial charge >= 0.3 is 5.97 Å². The summed E-state index contributed by atoms with van der Waals surface area (Å²) < 4.78 is 0. The normalized spacial score (nSPS) is 17.9. The fourth-order valence-electron chi connectivity index (χ4n) is 2.70. The van der Waals surface area contributed by atoms with Crippen LogP contribution in [0.3, 0.4) is 0 Å². The molecule has 1 saturated carbocycles. The number of hydrogen-bond acceptors (Lipinski definition) is 3. The molecule has 104 valence electrons. The molecule has 1 atom stereocenters. The molecule has 1 aromatic carbocycles. The van der Waals surface area contributed by atoms with Gasteiger partial charge in [-0.05, 0) is 49.4 Å². The Kier molecular flexibility index (Phi) is 4.30. The minimum atomic E-state index is -0.882. The van der Waals surface area contributed by atoms with Crippen molar-refractivity contribution in [1.29, 1.82) is 0 Å². The van der Waals surface area contributed by atoms with Gasteiger partial charge in [0.2, 0.25) is 0 Å². The van der Waals surface area contributed by atoms with Crippen LogP contribution in [-0.2, 0) is 4.79 Å². The van der Waals surface area contributed by atoms with Crippen molar-refractivity contribution in [2.24, 2.45) is 0 Å². The molecule has 19 heavy (non-hydrogen) atoms. The van der Waals surface area contributed by atoms with Crippen molar-refractivity contribution in [3.63, 3.8) is 0 Å². The number of phenolic OH excluding ortho intramolecular Hbond substituents is 1. The Morgan fingerprint density at radius 3 is 2.63 bits per heavy atom. The lowest BCUT2D eigenvalue weighted by molar-refractivity contribution is -0.137. The summed E-state index contributed by atoms with van der Waals surface area (Å²) in [4.78, 5) is 10.8.